The first-order chi connectivity index (χ1) is 14.4. The molecule has 5 heteroatoms. The van der Waals surface area contributed by atoms with Crippen LogP contribution in [0.4, 0.5) is 11.4 Å². The molecule has 0 amide bonds. The van der Waals surface area contributed by atoms with Crippen molar-refractivity contribution in [3.8, 4) is 17.0 Å². The first kappa shape index (κ1) is 19.0. The summed E-state index contributed by atoms with van der Waals surface area (Å²) in [7, 11) is 0. The highest BCUT2D eigenvalue weighted by atomic mass is 16.5. The van der Waals surface area contributed by atoms with Crippen LogP contribution in [0.15, 0.2) is 30.5 Å². The molecule has 2 aromatic carbocycles. The van der Waals surface area contributed by atoms with Gasteiger partial charge in [-0.05, 0) is 80.8 Å². The van der Waals surface area contributed by atoms with Crippen LogP contribution in [0.1, 0.15) is 41.2 Å². The molecule has 2 aliphatic heterocycles. The van der Waals surface area contributed by atoms with Gasteiger partial charge in [-0.1, -0.05) is 18.2 Å². The summed E-state index contributed by atoms with van der Waals surface area (Å²) in [5.41, 5.74) is 16.6. The second-order valence-electron chi connectivity index (χ2n) is 9.04. The highest BCUT2D eigenvalue weighted by Gasteiger charge is 2.35. The van der Waals surface area contributed by atoms with E-state index in [2.05, 4.69) is 67.1 Å². The Balaban J connectivity index is 1.49. The second-order valence-corrected chi connectivity index (χ2v) is 9.04. The van der Waals surface area contributed by atoms with Gasteiger partial charge in [-0.15, -0.1) is 0 Å². The Kier molecular flexibility index (Phi) is 4.31. The second kappa shape index (κ2) is 6.79. The molecular formula is C25H30N4O. The van der Waals surface area contributed by atoms with E-state index in [9.17, 15) is 0 Å². The van der Waals surface area contributed by atoms with E-state index in [0.717, 1.165) is 54.1 Å². The number of fused-ring (bicyclic) bond motifs is 2. The van der Waals surface area contributed by atoms with Gasteiger partial charge in [-0.3, -0.25) is 4.68 Å². The lowest BCUT2D eigenvalue weighted by Gasteiger charge is -2.38. The average molecular weight is 403 g/mol. The quantitative estimate of drug-likeness (QED) is 0.617. The number of para-hydroxylation sites is 1. The van der Waals surface area contributed by atoms with Crippen LogP contribution in [0.5, 0.6) is 5.75 Å². The number of hydrogen-bond acceptors (Lipinski definition) is 4. The van der Waals surface area contributed by atoms with Crippen LogP contribution in [0.25, 0.3) is 11.3 Å². The molecule has 0 saturated carbocycles. The summed E-state index contributed by atoms with van der Waals surface area (Å²) in [6.07, 6.45) is 4.88. The van der Waals surface area contributed by atoms with Crippen molar-refractivity contribution in [1.82, 2.24) is 9.78 Å². The lowest BCUT2D eigenvalue weighted by Crippen LogP contribution is -2.41. The third kappa shape index (κ3) is 2.87. The van der Waals surface area contributed by atoms with Gasteiger partial charge < -0.3 is 15.8 Å². The Morgan fingerprint density at radius 3 is 2.80 bits per heavy atom. The van der Waals surface area contributed by atoms with Crippen molar-refractivity contribution in [1.29, 1.82) is 0 Å². The van der Waals surface area contributed by atoms with Crippen molar-refractivity contribution < 1.29 is 4.74 Å². The van der Waals surface area contributed by atoms with Gasteiger partial charge in [0.25, 0.3) is 0 Å². The van der Waals surface area contributed by atoms with E-state index >= 15 is 0 Å². The molecule has 0 spiro atoms. The number of rotatable bonds is 3. The van der Waals surface area contributed by atoms with Gasteiger partial charge in [0, 0.05) is 29.7 Å². The van der Waals surface area contributed by atoms with Crippen LogP contribution in [0, 0.1) is 20.8 Å². The first-order valence-electron chi connectivity index (χ1n) is 10.8. The zero-order valence-corrected chi connectivity index (χ0v) is 18.3. The largest absolute Gasteiger partial charge is 0.485 e. The number of nitrogens with two attached hydrogens (primary N) is 1. The number of ether oxygens (including phenoxy) is 1. The predicted octanol–water partition coefficient (Wildman–Crippen LogP) is 4.81. The maximum Gasteiger partial charge on any atom is 0.127 e. The molecule has 1 aromatic heterocycles. The Bertz CT molecular complexity index is 1150. The molecule has 3 aromatic rings. The van der Waals surface area contributed by atoms with Gasteiger partial charge in [-0.2, -0.15) is 5.10 Å². The standard InChI is InChI=1S/C25H30N4O/c1-15-16(2)24-19(17(3)22(15)26)8-11-25(4,30-24)14-29-21(10-13-28-29)20-7-5-6-18-9-12-27-23(18)20/h5-7,10,13,27H,8-9,11-12,14,26H2,1-4H3/t25-/m1/s1. The van der Waals surface area contributed by atoms with Gasteiger partial charge in [0.2, 0.25) is 0 Å². The van der Waals surface area contributed by atoms with Gasteiger partial charge in [0.1, 0.15) is 11.4 Å². The molecule has 156 valence electrons. The monoisotopic (exact) mass is 402 g/mol. The number of benzene rings is 2. The molecule has 3 heterocycles. The van der Waals surface area contributed by atoms with E-state index in [4.69, 9.17) is 10.5 Å². The molecule has 0 saturated heterocycles. The molecule has 30 heavy (non-hydrogen) atoms. The van der Waals surface area contributed by atoms with Crippen molar-refractivity contribution >= 4 is 11.4 Å². The van der Waals surface area contributed by atoms with E-state index in [-0.39, 0.29) is 5.60 Å². The molecule has 2 aliphatic rings. The Hall–Kier alpha value is -2.95. The molecule has 0 aliphatic carbocycles. The molecule has 5 nitrogen and oxygen atoms in total. The summed E-state index contributed by atoms with van der Waals surface area (Å²) >= 11 is 0. The fourth-order valence-corrected chi connectivity index (χ4v) is 5.01. The fraction of sp³-hybridized carbons (Fsp3) is 0.400. The van der Waals surface area contributed by atoms with E-state index in [1.54, 1.807) is 0 Å². The normalized spacial score (nSPS) is 19.7. The van der Waals surface area contributed by atoms with E-state index in [1.807, 2.05) is 6.20 Å². The highest BCUT2D eigenvalue weighted by molar-refractivity contribution is 5.80. The number of nitrogens with one attached hydrogen (secondary N) is 1. The topological polar surface area (TPSA) is 65.1 Å². The van der Waals surface area contributed by atoms with Gasteiger partial charge in [0.15, 0.2) is 0 Å². The maximum absolute atomic E-state index is 6.69. The third-order valence-corrected chi connectivity index (χ3v) is 7.01. The summed E-state index contributed by atoms with van der Waals surface area (Å²) in [6, 6.07) is 8.65. The third-order valence-electron chi connectivity index (χ3n) is 7.01. The van der Waals surface area contributed by atoms with Crippen LogP contribution in [-0.2, 0) is 19.4 Å². The van der Waals surface area contributed by atoms with Crippen molar-refractivity contribution in [3.05, 3.63) is 58.3 Å². The number of aromatic nitrogens is 2. The minimum atomic E-state index is -0.321. The minimum Gasteiger partial charge on any atom is -0.485 e. The Morgan fingerprint density at radius 2 is 1.97 bits per heavy atom. The zero-order valence-electron chi connectivity index (χ0n) is 18.3. The predicted molar refractivity (Wildman–Crippen MR) is 122 cm³/mol. The molecule has 1 atom stereocenters. The van der Waals surface area contributed by atoms with Crippen molar-refractivity contribution in [2.45, 2.75) is 59.1 Å². The number of nitrogen functional groups attached to an aromatic ring is 1. The van der Waals surface area contributed by atoms with E-state index in [0.29, 0.717) is 6.54 Å². The average Bonchev–Trinajstić information content (AvgIpc) is 3.39. The Morgan fingerprint density at radius 1 is 1.13 bits per heavy atom. The van der Waals surface area contributed by atoms with Crippen LogP contribution >= 0.6 is 0 Å². The maximum atomic E-state index is 6.69. The van der Waals surface area contributed by atoms with Crippen LogP contribution < -0.4 is 15.8 Å². The molecule has 0 radical (unpaired) electrons. The summed E-state index contributed by atoms with van der Waals surface area (Å²) in [5.74, 6) is 1.02. The smallest absolute Gasteiger partial charge is 0.127 e. The summed E-state index contributed by atoms with van der Waals surface area (Å²) in [5, 5.41) is 8.23. The summed E-state index contributed by atoms with van der Waals surface area (Å²) in [4.78, 5) is 0. The number of nitrogens with zero attached hydrogens (tertiary/aromatic N) is 2. The molecule has 0 unspecified atom stereocenters. The Labute approximate surface area is 178 Å². The molecule has 0 bridgehead atoms. The van der Waals surface area contributed by atoms with Gasteiger partial charge in [0.05, 0.1) is 12.2 Å². The molecular weight excluding hydrogens is 372 g/mol. The van der Waals surface area contributed by atoms with Gasteiger partial charge >= 0.3 is 0 Å². The van der Waals surface area contributed by atoms with Crippen molar-refractivity contribution in [2.24, 2.45) is 0 Å². The fourth-order valence-electron chi connectivity index (χ4n) is 5.01. The summed E-state index contributed by atoms with van der Waals surface area (Å²) in [6.45, 7) is 10.2. The first-order valence-corrected chi connectivity index (χ1v) is 10.8. The summed E-state index contributed by atoms with van der Waals surface area (Å²) < 4.78 is 8.80. The van der Waals surface area contributed by atoms with Crippen molar-refractivity contribution in [3.63, 3.8) is 0 Å². The van der Waals surface area contributed by atoms with Gasteiger partial charge in [-0.25, -0.2) is 0 Å². The van der Waals surface area contributed by atoms with E-state index < -0.39 is 0 Å². The van der Waals surface area contributed by atoms with E-state index in [1.165, 1.54) is 27.9 Å². The number of hydrogen-bond donors (Lipinski definition) is 2. The molecule has 0 fully saturated rings. The number of anilines is 2. The molecule has 5 rings (SSSR count). The van der Waals surface area contributed by atoms with Crippen LogP contribution in [-0.4, -0.2) is 21.9 Å². The lowest BCUT2D eigenvalue weighted by molar-refractivity contribution is 0.0434. The lowest BCUT2D eigenvalue weighted by atomic mass is 9.86. The zero-order chi connectivity index (χ0) is 21.0. The molecule has 3 N–H and O–H groups in total. The minimum absolute atomic E-state index is 0.321. The van der Waals surface area contributed by atoms with Crippen LogP contribution in [0.2, 0.25) is 0 Å². The highest BCUT2D eigenvalue weighted by Crippen LogP contribution is 2.43. The van der Waals surface area contributed by atoms with Crippen molar-refractivity contribution in [2.75, 3.05) is 17.6 Å². The van der Waals surface area contributed by atoms with Crippen LogP contribution in [0.3, 0.4) is 0 Å². The SMILES string of the molecule is Cc1c(C)c2c(c(C)c1N)CC[C@](C)(Cn1nccc1-c1cccc3c1NCC3)O2.